The number of rotatable bonds is 5. The minimum atomic E-state index is -0.773. The van der Waals surface area contributed by atoms with Gasteiger partial charge in [-0.1, -0.05) is 12.1 Å². The molecule has 0 saturated heterocycles. The summed E-state index contributed by atoms with van der Waals surface area (Å²) in [5, 5.41) is 5.35. The second-order valence-corrected chi connectivity index (χ2v) is 5.05. The van der Waals surface area contributed by atoms with Gasteiger partial charge in [0.1, 0.15) is 12.4 Å². The molecule has 2 aromatic rings. The van der Waals surface area contributed by atoms with Gasteiger partial charge < -0.3 is 15.4 Å². The zero-order chi connectivity index (χ0) is 16.8. The van der Waals surface area contributed by atoms with Crippen LogP contribution >= 0.6 is 0 Å². The van der Waals surface area contributed by atoms with Crippen LogP contribution in [0.3, 0.4) is 0 Å². The average molecular weight is 320 g/mol. The maximum absolute atomic E-state index is 13.3. The number of benzene rings is 2. The molecule has 0 atom stereocenters. The third-order valence-corrected chi connectivity index (χ3v) is 3.39. The Labute approximate surface area is 133 Å². The summed E-state index contributed by atoms with van der Waals surface area (Å²) in [6.07, 6.45) is 0. The summed E-state index contributed by atoms with van der Waals surface area (Å²) >= 11 is 0. The van der Waals surface area contributed by atoms with E-state index in [0.29, 0.717) is 0 Å². The average Bonchev–Trinajstić information content (AvgIpc) is 2.50. The van der Waals surface area contributed by atoms with Crippen LogP contribution in [0.5, 0.6) is 5.75 Å². The van der Waals surface area contributed by atoms with Crippen LogP contribution in [0.2, 0.25) is 0 Å². The van der Waals surface area contributed by atoms with Gasteiger partial charge in [-0.05, 0) is 43.2 Å². The Morgan fingerprint density at radius 2 is 1.96 bits per heavy atom. The van der Waals surface area contributed by atoms with Crippen LogP contribution in [0.15, 0.2) is 36.4 Å². The van der Waals surface area contributed by atoms with Crippen molar-refractivity contribution in [3.8, 4) is 5.75 Å². The summed E-state index contributed by atoms with van der Waals surface area (Å²) in [7, 11) is 0. The monoisotopic (exact) mass is 320 g/mol. The number of nitrogens with one attached hydrogen (secondary N) is 2. The van der Waals surface area contributed by atoms with E-state index in [1.165, 1.54) is 6.07 Å². The summed E-state index contributed by atoms with van der Waals surface area (Å²) < 4.78 is 31.2. The normalized spacial score (nSPS) is 10.3. The first-order valence-corrected chi connectivity index (χ1v) is 7.16. The van der Waals surface area contributed by atoms with Gasteiger partial charge in [0.25, 0.3) is 0 Å². The maximum Gasteiger partial charge on any atom is 0.319 e. The van der Waals surface area contributed by atoms with Crippen LogP contribution < -0.4 is 15.4 Å². The van der Waals surface area contributed by atoms with Crippen LogP contribution in [0.4, 0.5) is 19.3 Å². The molecule has 0 bridgehead atoms. The molecule has 0 aliphatic heterocycles. The second-order valence-electron chi connectivity index (χ2n) is 5.05. The zero-order valence-electron chi connectivity index (χ0n) is 13.0. The second kappa shape index (κ2) is 7.58. The van der Waals surface area contributed by atoms with E-state index in [2.05, 4.69) is 10.6 Å². The molecule has 2 rings (SSSR count). The molecule has 0 aliphatic carbocycles. The summed E-state index contributed by atoms with van der Waals surface area (Å²) in [5.41, 5.74) is 2.80. The van der Waals surface area contributed by atoms with Gasteiger partial charge in [0.15, 0.2) is 11.6 Å². The van der Waals surface area contributed by atoms with Crippen LogP contribution in [0.1, 0.15) is 11.1 Å². The van der Waals surface area contributed by atoms with E-state index in [4.69, 9.17) is 4.74 Å². The molecule has 0 radical (unpaired) electrons. The summed E-state index contributed by atoms with van der Waals surface area (Å²) in [5.74, 6) is -1.49. The highest BCUT2D eigenvalue weighted by Crippen LogP contribution is 2.18. The molecule has 2 aromatic carbocycles. The number of carbonyl (C=O) groups is 1. The Morgan fingerprint density at radius 3 is 2.70 bits per heavy atom. The number of carbonyl (C=O) groups excluding carboxylic acids is 1. The Morgan fingerprint density at radius 1 is 1.17 bits per heavy atom. The molecular weight excluding hydrogens is 302 g/mol. The lowest BCUT2D eigenvalue weighted by atomic mass is 10.1. The van der Waals surface area contributed by atoms with Gasteiger partial charge in [0.05, 0.1) is 6.54 Å². The number of ether oxygens (including phenoxy) is 1. The summed E-state index contributed by atoms with van der Waals surface area (Å²) in [6.45, 7) is 4.14. The van der Waals surface area contributed by atoms with Gasteiger partial charge in [0.2, 0.25) is 0 Å². The number of hydrogen-bond donors (Lipinski definition) is 2. The first kappa shape index (κ1) is 16.7. The highest BCUT2D eigenvalue weighted by atomic mass is 19.1. The standard InChI is InChI=1S/C17H18F2N2O2/c1-11-4-3-5-15(12(11)2)21-17(22)20-8-9-23-16-7-6-13(18)10-14(16)19/h3-7,10H,8-9H2,1-2H3,(H2,20,21,22). The van der Waals surface area contributed by atoms with E-state index >= 15 is 0 Å². The summed E-state index contributed by atoms with van der Waals surface area (Å²) in [6, 6.07) is 8.33. The molecule has 2 amide bonds. The lowest BCUT2D eigenvalue weighted by Gasteiger charge is -2.12. The number of halogens is 2. The van der Waals surface area contributed by atoms with E-state index in [9.17, 15) is 13.6 Å². The van der Waals surface area contributed by atoms with Gasteiger partial charge in [-0.15, -0.1) is 0 Å². The Bertz CT molecular complexity index is 705. The van der Waals surface area contributed by atoms with Crippen molar-refractivity contribution in [2.45, 2.75) is 13.8 Å². The minimum absolute atomic E-state index is 0.0527. The highest BCUT2D eigenvalue weighted by molar-refractivity contribution is 5.90. The van der Waals surface area contributed by atoms with Crippen molar-refractivity contribution in [3.05, 3.63) is 59.2 Å². The molecule has 0 fully saturated rings. The molecule has 6 heteroatoms. The molecule has 0 heterocycles. The van der Waals surface area contributed by atoms with Crippen molar-refractivity contribution in [2.75, 3.05) is 18.5 Å². The van der Waals surface area contributed by atoms with Crippen molar-refractivity contribution in [3.63, 3.8) is 0 Å². The van der Waals surface area contributed by atoms with E-state index in [-0.39, 0.29) is 24.9 Å². The van der Waals surface area contributed by atoms with Crippen molar-refractivity contribution < 1.29 is 18.3 Å². The number of aryl methyl sites for hydroxylation is 1. The predicted molar refractivity (Wildman–Crippen MR) is 84.8 cm³/mol. The molecule has 0 aromatic heterocycles. The first-order chi connectivity index (χ1) is 11.0. The van der Waals surface area contributed by atoms with Crippen LogP contribution in [0.25, 0.3) is 0 Å². The van der Waals surface area contributed by atoms with Crippen molar-refractivity contribution >= 4 is 11.7 Å². The summed E-state index contributed by atoms with van der Waals surface area (Å²) in [4.78, 5) is 11.8. The molecule has 2 N–H and O–H groups in total. The van der Waals surface area contributed by atoms with E-state index < -0.39 is 11.6 Å². The quantitative estimate of drug-likeness (QED) is 0.824. The van der Waals surface area contributed by atoms with Gasteiger partial charge in [-0.2, -0.15) is 0 Å². The topological polar surface area (TPSA) is 50.4 Å². The molecule has 23 heavy (non-hydrogen) atoms. The smallest absolute Gasteiger partial charge is 0.319 e. The van der Waals surface area contributed by atoms with Gasteiger partial charge in [-0.25, -0.2) is 13.6 Å². The number of amides is 2. The van der Waals surface area contributed by atoms with E-state index in [1.54, 1.807) is 0 Å². The number of urea groups is 1. The van der Waals surface area contributed by atoms with Crippen molar-refractivity contribution in [1.82, 2.24) is 5.32 Å². The van der Waals surface area contributed by atoms with Gasteiger partial charge in [-0.3, -0.25) is 0 Å². The third-order valence-electron chi connectivity index (χ3n) is 3.39. The highest BCUT2D eigenvalue weighted by Gasteiger charge is 2.07. The molecule has 0 saturated carbocycles. The lowest BCUT2D eigenvalue weighted by Crippen LogP contribution is -2.32. The fourth-order valence-corrected chi connectivity index (χ4v) is 1.97. The Kier molecular flexibility index (Phi) is 5.51. The zero-order valence-corrected chi connectivity index (χ0v) is 13.0. The minimum Gasteiger partial charge on any atom is -0.489 e. The van der Waals surface area contributed by atoms with Gasteiger partial charge >= 0.3 is 6.03 Å². The SMILES string of the molecule is Cc1cccc(NC(=O)NCCOc2ccc(F)cc2F)c1C. The molecule has 0 spiro atoms. The number of anilines is 1. The van der Waals surface area contributed by atoms with Crippen molar-refractivity contribution in [1.29, 1.82) is 0 Å². The van der Waals surface area contributed by atoms with E-state index in [1.807, 2.05) is 32.0 Å². The predicted octanol–water partition coefficient (Wildman–Crippen LogP) is 3.78. The van der Waals surface area contributed by atoms with Gasteiger partial charge in [0, 0.05) is 11.8 Å². The number of hydrogen-bond acceptors (Lipinski definition) is 2. The largest absolute Gasteiger partial charge is 0.489 e. The Balaban J connectivity index is 1.78. The van der Waals surface area contributed by atoms with Crippen LogP contribution in [0, 0.1) is 25.5 Å². The molecular formula is C17H18F2N2O2. The molecule has 0 unspecified atom stereocenters. The molecule has 0 aliphatic rings. The molecule has 4 nitrogen and oxygen atoms in total. The van der Waals surface area contributed by atoms with Crippen LogP contribution in [-0.2, 0) is 0 Å². The maximum atomic E-state index is 13.3. The lowest BCUT2D eigenvalue weighted by molar-refractivity contribution is 0.246. The van der Waals surface area contributed by atoms with Crippen LogP contribution in [-0.4, -0.2) is 19.2 Å². The fourth-order valence-electron chi connectivity index (χ4n) is 1.97. The Hall–Kier alpha value is -2.63. The van der Waals surface area contributed by atoms with Crippen molar-refractivity contribution in [2.24, 2.45) is 0 Å². The molecule has 122 valence electrons. The fraction of sp³-hybridized carbons (Fsp3) is 0.235. The first-order valence-electron chi connectivity index (χ1n) is 7.16. The van der Waals surface area contributed by atoms with E-state index in [0.717, 1.165) is 28.9 Å². The third kappa shape index (κ3) is 4.67.